The molecule has 0 aliphatic carbocycles. The van der Waals surface area contributed by atoms with Gasteiger partial charge in [-0.25, -0.2) is 0 Å². The van der Waals surface area contributed by atoms with Crippen molar-refractivity contribution in [3.05, 3.63) is 12.7 Å². The van der Waals surface area contributed by atoms with Crippen LogP contribution >= 0.6 is 0 Å². The van der Waals surface area contributed by atoms with E-state index >= 15 is 0 Å². The Hall–Kier alpha value is -0.300. The molecule has 0 saturated carbocycles. The van der Waals surface area contributed by atoms with E-state index in [1.54, 1.807) is 7.11 Å². The summed E-state index contributed by atoms with van der Waals surface area (Å²) in [7, 11) is 1.79. The Morgan fingerprint density at radius 1 is 0.600 bits per heavy atom. The third-order valence-electron chi connectivity index (χ3n) is 4.01. The van der Waals surface area contributed by atoms with Crippen LogP contribution in [0, 0.1) is 0 Å². The predicted molar refractivity (Wildman–Crippen MR) is 91.3 cm³/mol. The Morgan fingerprint density at radius 3 is 1.30 bits per heavy atom. The minimum absolute atomic E-state index is 0.938. The second-order valence-electron chi connectivity index (χ2n) is 6.02. The molecular weight excluding hydrogens is 244 g/mol. The molecule has 0 rings (SSSR count). The van der Waals surface area contributed by atoms with Crippen molar-refractivity contribution >= 4 is 0 Å². The third kappa shape index (κ3) is 17.7. The maximum atomic E-state index is 5.06. The van der Waals surface area contributed by atoms with Crippen molar-refractivity contribution in [2.75, 3.05) is 13.7 Å². The van der Waals surface area contributed by atoms with Gasteiger partial charge >= 0.3 is 0 Å². The lowest BCUT2D eigenvalue weighted by Crippen LogP contribution is -1.88. The molecule has 0 saturated heterocycles. The van der Waals surface area contributed by atoms with Gasteiger partial charge < -0.3 is 4.74 Å². The zero-order valence-corrected chi connectivity index (χ0v) is 14.0. The fourth-order valence-corrected chi connectivity index (χ4v) is 2.66. The Balaban J connectivity index is 2.90. The first kappa shape index (κ1) is 19.7. The van der Waals surface area contributed by atoms with Gasteiger partial charge in [0.2, 0.25) is 0 Å². The average molecular weight is 283 g/mol. The second kappa shape index (κ2) is 18.7. The molecule has 0 N–H and O–H groups in total. The van der Waals surface area contributed by atoms with Crippen LogP contribution in [0.4, 0.5) is 0 Å². The summed E-state index contributed by atoms with van der Waals surface area (Å²) in [6.45, 7) is 4.70. The molecule has 0 aliphatic heterocycles. The molecule has 0 aliphatic rings. The average Bonchev–Trinajstić information content (AvgIpc) is 2.47. The van der Waals surface area contributed by atoms with E-state index in [1.807, 2.05) is 6.08 Å². The number of unbranched alkanes of at least 4 members (excludes halogenated alkanes) is 14. The van der Waals surface area contributed by atoms with Gasteiger partial charge in [0, 0.05) is 13.7 Å². The molecule has 0 fully saturated rings. The van der Waals surface area contributed by atoms with Gasteiger partial charge in [0.15, 0.2) is 0 Å². The fourth-order valence-electron chi connectivity index (χ4n) is 2.66. The summed E-state index contributed by atoms with van der Waals surface area (Å²) >= 11 is 0. The number of rotatable bonds is 17. The largest absolute Gasteiger partial charge is 0.385 e. The van der Waals surface area contributed by atoms with Crippen molar-refractivity contribution in [3.8, 4) is 0 Å². The van der Waals surface area contributed by atoms with Gasteiger partial charge in [-0.2, -0.15) is 0 Å². The van der Waals surface area contributed by atoms with Gasteiger partial charge in [-0.1, -0.05) is 83.1 Å². The predicted octanol–water partition coefficient (Wildman–Crippen LogP) is 6.67. The fraction of sp³-hybridized carbons (Fsp3) is 0.895. The molecular formula is C19H38O. The molecule has 0 aromatic rings. The minimum atomic E-state index is 0.938. The van der Waals surface area contributed by atoms with Crippen LogP contribution in [-0.2, 0) is 4.74 Å². The first-order valence-corrected chi connectivity index (χ1v) is 9.01. The summed E-state index contributed by atoms with van der Waals surface area (Å²) in [6.07, 6.45) is 22.9. The van der Waals surface area contributed by atoms with Crippen LogP contribution in [-0.4, -0.2) is 13.7 Å². The van der Waals surface area contributed by atoms with Gasteiger partial charge in [0.1, 0.15) is 0 Å². The normalized spacial score (nSPS) is 10.8. The van der Waals surface area contributed by atoms with Crippen LogP contribution in [0.2, 0.25) is 0 Å². The summed E-state index contributed by atoms with van der Waals surface area (Å²) in [5, 5.41) is 0. The highest BCUT2D eigenvalue weighted by molar-refractivity contribution is 4.65. The first-order valence-electron chi connectivity index (χ1n) is 9.01. The molecule has 0 atom stereocenters. The van der Waals surface area contributed by atoms with Gasteiger partial charge in [-0.05, 0) is 19.3 Å². The van der Waals surface area contributed by atoms with Crippen LogP contribution < -0.4 is 0 Å². The zero-order valence-electron chi connectivity index (χ0n) is 14.0. The third-order valence-corrected chi connectivity index (χ3v) is 4.01. The lowest BCUT2D eigenvalue weighted by molar-refractivity contribution is 0.192. The molecule has 1 nitrogen and oxygen atoms in total. The monoisotopic (exact) mass is 282 g/mol. The summed E-state index contributed by atoms with van der Waals surface area (Å²) in [5.74, 6) is 0. The maximum absolute atomic E-state index is 5.06. The van der Waals surface area contributed by atoms with E-state index in [0.717, 1.165) is 6.61 Å². The van der Waals surface area contributed by atoms with Crippen molar-refractivity contribution in [2.24, 2.45) is 0 Å². The highest BCUT2D eigenvalue weighted by atomic mass is 16.5. The van der Waals surface area contributed by atoms with Crippen LogP contribution in [0.3, 0.4) is 0 Å². The Morgan fingerprint density at radius 2 is 0.950 bits per heavy atom. The smallest absolute Gasteiger partial charge is 0.0462 e. The number of hydrogen-bond acceptors (Lipinski definition) is 1. The van der Waals surface area contributed by atoms with Gasteiger partial charge in [0.05, 0.1) is 0 Å². The molecule has 120 valence electrons. The number of methoxy groups -OCH3 is 1. The van der Waals surface area contributed by atoms with Crippen molar-refractivity contribution in [1.82, 2.24) is 0 Å². The Kier molecular flexibility index (Phi) is 18.4. The van der Waals surface area contributed by atoms with E-state index in [-0.39, 0.29) is 0 Å². The van der Waals surface area contributed by atoms with E-state index in [1.165, 1.54) is 96.3 Å². The van der Waals surface area contributed by atoms with E-state index in [2.05, 4.69) is 6.58 Å². The number of hydrogen-bond donors (Lipinski definition) is 0. The molecule has 0 amide bonds. The van der Waals surface area contributed by atoms with Gasteiger partial charge in [-0.15, -0.1) is 6.58 Å². The lowest BCUT2D eigenvalue weighted by Gasteiger charge is -2.03. The molecule has 0 heterocycles. The van der Waals surface area contributed by atoms with Gasteiger partial charge in [0.25, 0.3) is 0 Å². The van der Waals surface area contributed by atoms with Crippen LogP contribution in [0.25, 0.3) is 0 Å². The SMILES string of the molecule is C=CCCCCCCCCCCCCCCCCOC. The van der Waals surface area contributed by atoms with Crippen molar-refractivity contribution in [2.45, 2.75) is 96.3 Å². The van der Waals surface area contributed by atoms with Crippen LogP contribution in [0.15, 0.2) is 12.7 Å². The molecule has 0 aromatic carbocycles. The molecule has 0 bridgehead atoms. The van der Waals surface area contributed by atoms with E-state index < -0.39 is 0 Å². The number of ether oxygens (including phenoxy) is 1. The van der Waals surface area contributed by atoms with Crippen LogP contribution in [0.1, 0.15) is 96.3 Å². The summed E-state index contributed by atoms with van der Waals surface area (Å²) in [5.41, 5.74) is 0. The number of allylic oxidation sites excluding steroid dienone is 1. The summed E-state index contributed by atoms with van der Waals surface area (Å²) < 4.78 is 5.06. The van der Waals surface area contributed by atoms with E-state index in [4.69, 9.17) is 4.74 Å². The molecule has 0 unspecified atom stereocenters. The molecule has 20 heavy (non-hydrogen) atoms. The highest BCUT2D eigenvalue weighted by Gasteiger charge is 1.94. The van der Waals surface area contributed by atoms with E-state index in [0.29, 0.717) is 0 Å². The molecule has 0 aromatic heterocycles. The first-order chi connectivity index (χ1) is 9.91. The molecule has 1 heteroatoms. The Bertz CT molecular complexity index is 177. The molecule has 0 radical (unpaired) electrons. The molecule has 0 spiro atoms. The maximum Gasteiger partial charge on any atom is 0.0462 e. The van der Waals surface area contributed by atoms with Crippen molar-refractivity contribution < 1.29 is 4.74 Å². The van der Waals surface area contributed by atoms with Crippen molar-refractivity contribution in [3.63, 3.8) is 0 Å². The van der Waals surface area contributed by atoms with Crippen LogP contribution in [0.5, 0.6) is 0 Å². The van der Waals surface area contributed by atoms with Crippen molar-refractivity contribution in [1.29, 1.82) is 0 Å². The highest BCUT2D eigenvalue weighted by Crippen LogP contribution is 2.13. The Labute approximate surface area is 128 Å². The lowest BCUT2D eigenvalue weighted by atomic mass is 10.0. The quantitative estimate of drug-likeness (QED) is 0.214. The zero-order chi connectivity index (χ0) is 14.7. The second-order valence-corrected chi connectivity index (χ2v) is 6.02. The standard InChI is InChI=1S/C19H38O/c1-3-4-5-6-7-8-9-10-11-12-13-14-15-16-17-18-19-20-2/h3H,1,4-19H2,2H3. The topological polar surface area (TPSA) is 9.23 Å². The van der Waals surface area contributed by atoms with Gasteiger partial charge in [-0.3, -0.25) is 0 Å². The minimum Gasteiger partial charge on any atom is -0.385 e. The summed E-state index contributed by atoms with van der Waals surface area (Å²) in [6, 6.07) is 0. The summed E-state index contributed by atoms with van der Waals surface area (Å²) in [4.78, 5) is 0. The van der Waals surface area contributed by atoms with E-state index in [9.17, 15) is 0 Å².